The van der Waals surface area contributed by atoms with Gasteiger partial charge in [0, 0.05) is 69.8 Å². The zero-order valence-corrected chi connectivity index (χ0v) is 21.0. The quantitative estimate of drug-likeness (QED) is 0.388. The number of nitrogens with one attached hydrogen (secondary N) is 3. The molecule has 3 N–H and O–H groups in total. The zero-order valence-electron chi connectivity index (χ0n) is 21.0. The van der Waals surface area contributed by atoms with E-state index in [0.717, 1.165) is 67.8 Å². The molecule has 0 atom stereocenters. The Labute approximate surface area is 207 Å². The van der Waals surface area contributed by atoms with Crippen LogP contribution in [-0.2, 0) is 16.1 Å². The van der Waals surface area contributed by atoms with Crippen molar-refractivity contribution in [2.45, 2.75) is 45.2 Å². The largest absolute Gasteiger partial charge is 0.384 e. The van der Waals surface area contributed by atoms with Crippen LogP contribution in [0.4, 0.5) is 11.8 Å². The van der Waals surface area contributed by atoms with Crippen molar-refractivity contribution in [1.82, 2.24) is 24.8 Å². The van der Waals surface area contributed by atoms with Crippen molar-refractivity contribution in [3.05, 3.63) is 42.2 Å². The number of hydrogen-bond acceptors (Lipinski definition) is 7. The van der Waals surface area contributed by atoms with Crippen LogP contribution < -0.4 is 16.0 Å². The highest BCUT2D eigenvalue weighted by Crippen LogP contribution is 2.25. The van der Waals surface area contributed by atoms with Crippen molar-refractivity contribution in [3.63, 3.8) is 0 Å². The molecule has 1 amide bonds. The minimum absolute atomic E-state index is 0.193. The number of carbonyl (C=O) groups excluding carboxylic acids is 1. The van der Waals surface area contributed by atoms with Crippen molar-refractivity contribution in [1.29, 1.82) is 0 Å². The van der Waals surface area contributed by atoms with Crippen molar-refractivity contribution >= 4 is 28.6 Å². The fourth-order valence-corrected chi connectivity index (χ4v) is 4.42. The highest BCUT2D eigenvalue weighted by molar-refractivity contribution is 5.91. The number of carbonyl (C=O) groups is 1. The fourth-order valence-electron chi connectivity index (χ4n) is 4.42. The number of likely N-dealkylation sites (tertiary alicyclic amines) is 1. The average molecular weight is 480 g/mol. The van der Waals surface area contributed by atoms with Gasteiger partial charge in [-0.1, -0.05) is 6.92 Å². The number of hydrogen-bond donors (Lipinski definition) is 3. The Morgan fingerprint density at radius 1 is 1.20 bits per heavy atom. The molecule has 188 valence electrons. The van der Waals surface area contributed by atoms with Gasteiger partial charge in [0.2, 0.25) is 11.9 Å². The molecule has 9 nitrogen and oxygen atoms in total. The zero-order chi connectivity index (χ0) is 24.6. The first-order valence-corrected chi connectivity index (χ1v) is 12.5. The molecule has 3 aromatic rings. The number of benzene rings is 1. The summed E-state index contributed by atoms with van der Waals surface area (Å²) in [4.78, 5) is 23.4. The van der Waals surface area contributed by atoms with E-state index in [1.165, 1.54) is 5.56 Å². The summed E-state index contributed by atoms with van der Waals surface area (Å²) in [5.41, 5.74) is 3.20. The lowest BCUT2D eigenvalue weighted by molar-refractivity contribution is -0.133. The first-order chi connectivity index (χ1) is 17.1. The van der Waals surface area contributed by atoms with Crippen molar-refractivity contribution < 1.29 is 9.53 Å². The molecule has 4 rings (SSSR count). The van der Waals surface area contributed by atoms with Gasteiger partial charge in [0.1, 0.15) is 5.82 Å². The van der Waals surface area contributed by atoms with E-state index in [-0.39, 0.29) is 5.91 Å². The molecular weight excluding hydrogens is 442 g/mol. The molecular formula is C26H37N7O2. The summed E-state index contributed by atoms with van der Waals surface area (Å²) >= 11 is 0. The molecule has 0 spiro atoms. The van der Waals surface area contributed by atoms with Crippen molar-refractivity contribution in [2.24, 2.45) is 0 Å². The van der Waals surface area contributed by atoms with Gasteiger partial charge in [0.05, 0.1) is 18.5 Å². The molecule has 0 bridgehead atoms. The minimum atomic E-state index is 0.193. The number of fused-ring (bicyclic) bond motifs is 1. The SMILES string of the molecule is CCCNc1nc(NC)nc2cc(-n3ccc(CNC4CCN(C(=O)CCOC)CC4)c3)ccc12. The standard InChI is InChI=1S/C26H37N7O2/c1-4-11-28-25-22-6-5-21(16-23(22)30-26(27-2)31-25)33-12-7-19(18-33)17-29-20-8-13-32(14-9-20)24(34)10-15-35-3/h5-7,12,16,18,20,29H,4,8-11,13-15,17H2,1-3H3,(H2,27,28,30,31). The molecule has 2 aromatic heterocycles. The number of anilines is 2. The van der Waals surface area contributed by atoms with E-state index in [0.29, 0.717) is 25.0 Å². The Kier molecular flexibility index (Phi) is 8.54. The lowest BCUT2D eigenvalue weighted by Crippen LogP contribution is -2.44. The van der Waals surface area contributed by atoms with Gasteiger partial charge in [-0.3, -0.25) is 4.79 Å². The summed E-state index contributed by atoms with van der Waals surface area (Å²) in [6, 6.07) is 8.86. The number of ether oxygens (including phenoxy) is 1. The minimum Gasteiger partial charge on any atom is -0.384 e. The molecule has 1 fully saturated rings. The lowest BCUT2D eigenvalue weighted by Gasteiger charge is -2.32. The van der Waals surface area contributed by atoms with Gasteiger partial charge >= 0.3 is 0 Å². The Bertz CT molecular complexity index is 1120. The first kappa shape index (κ1) is 24.9. The Balaban J connectivity index is 1.37. The average Bonchev–Trinajstić information content (AvgIpc) is 3.38. The van der Waals surface area contributed by atoms with Gasteiger partial charge in [-0.2, -0.15) is 4.98 Å². The van der Waals surface area contributed by atoms with Gasteiger partial charge in [0.25, 0.3) is 0 Å². The molecule has 0 radical (unpaired) electrons. The van der Waals surface area contributed by atoms with Crippen LogP contribution in [0.15, 0.2) is 36.7 Å². The highest BCUT2D eigenvalue weighted by Gasteiger charge is 2.22. The number of methoxy groups -OCH3 is 1. The van der Waals surface area contributed by atoms with Gasteiger partial charge in [0.15, 0.2) is 0 Å². The molecule has 0 unspecified atom stereocenters. The van der Waals surface area contributed by atoms with Crippen LogP contribution in [-0.4, -0.2) is 71.8 Å². The summed E-state index contributed by atoms with van der Waals surface area (Å²) in [5, 5.41) is 11.1. The van der Waals surface area contributed by atoms with E-state index in [2.05, 4.69) is 74.1 Å². The topological polar surface area (TPSA) is 96.3 Å². The monoisotopic (exact) mass is 479 g/mol. The van der Waals surface area contributed by atoms with Gasteiger partial charge in [-0.15, -0.1) is 0 Å². The maximum Gasteiger partial charge on any atom is 0.224 e. The van der Waals surface area contributed by atoms with E-state index >= 15 is 0 Å². The van der Waals surface area contributed by atoms with Gasteiger partial charge in [-0.05, 0) is 49.1 Å². The van der Waals surface area contributed by atoms with E-state index in [1.54, 1.807) is 7.11 Å². The first-order valence-electron chi connectivity index (χ1n) is 12.5. The summed E-state index contributed by atoms with van der Waals surface area (Å²) in [5.74, 6) is 1.66. The normalized spacial score (nSPS) is 14.4. The summed E-state index contributed by atoms with van der Waals surface area (Å²) in [6.45, 7) is 5.92. The number of rotatable bonds is 11. The van der Waals surface area contributed by atoms with E-state index in [9.17, 15) is 4.79 Å². The predicted molar refractivity (Wildman–Crippen MR) is 140 cm³/mol. The lowest BCUT2D eigenvalue weighted by atomic mass is 10.0. The van der Waals surface area contributed by atoms with E-state index in [4.69, 9.17) is 4.74 Å². The highest BCUT2D eigenvalue weighted by atomic mass is 16.5. The molecule has 1 aliphatic rings. The summed E-state index contributed by atoms with van der Waals surface area (Å²) in [6.07, 6.45) is 7.71. The maximum atomic E-state index is 12.2. The fraction of sp³-hybridized carbons (Fsp3) is 0.500. The number of amides is 1. The second kappa shape index (κ2) is 12.0. The van der Waals surface area contributed by atoms with Crippen LogP contribution in [0.5, 0.6) is 0 Å². The van der Waals surface area contributed by atoms with Crippen LogP contribution in [0.25, 0.3) is 16.6 Å². The smallest absolute Gasteiger partial charge is 0.224 e. The Morgan fingerprint density at radius 3 is 2.77 bits per heavy atom. The predicted octanol–water partition coefficient (Wildman–Crippen LogP) is 3.40. The molecule has 1 aromatic carbocycles. The van der Waals surface area contributed by atoms with Crippen LogP contribution in [0.2, 0.25) is 0 Å². The molecule has 0 saturated carbocycles. The summed E-state index contributed by atoms with van der Waals surface area (Å²) in [7, 11) is 3.47. The number of aromatic nitrogens is 3. The third kappa shape index (κ3) is 6.29. The van der Waals surface area contributed by atoms with Crippen molar-refractivity contribution in [2.75, 3.05) is 51.0 Å². The third-order valence-corrected chi connectivity index (χ3v) is 6.46. The van der Waals surface area contributed by atoms with Gasteiger partial charge in [-0.25, -0.2) is 4.98 Å². The van der Waals surface area contributed by atoms with Crippen LogP contribution in [0.1, 0.15) is 38.2 Å². The molecule has 9 heteroatoms. The van der Waals surface area contributed by atoms with E-state index < -0.39 is 0 Å². The molecule has 0 aliphatic carbocycles. The van der Waals surface area contributed by atoms with Gasteiger partial charge < -0.3 is 30.2 Å². The summed E-state index contributed by atoms with van der Waals surface area (Å²) < 4.78 is 7.16. The van der Waals surface area contributed by atoms with Crippen LogP contribution in [0.3, 0.4) is 0 Å². The van der Waals surface area contributed by atoms with Crippen molar-refractivity contribution in [3.8, 4) is 5.69 Å². The Morgan fingerprint density at radius 2 is 2.03 bits per heavy atom. The van der Waals surface area contributed by atoms with Crippen LogP contribution in [0, 0.1) is 0 Å². The second-order valence-corrected chi connectivity index (χ2v) is 8.98. The molecule has 1 saturated heterocycles. The molecule has 1 aliphatic heterocycles. The van der Waals surface area contributed by atoms with Crippen LogP contribution >= 0.6 is 0 Å². The molecule has 35 heavy (non-hydrogen) atoms. The second-order valence-electron chi connectivity index (χ2n) is 8.98. The third-order valence-electron chi connectivity index (χ3n) is 6.46. The maximum absolute atomic E-state index is 12.2. The number of nitrogens with zero attached hydrogens (tertiary/aromatic N) is 4. The number of piperidine rings is 1. The molecule has 3 heterocycles. The Hall–Kier alpha value is -3.17. The van der Waals surface area contributed by atoms with E-state index in [1.807, 2.05) is 11.9 Å².